The molecule has 7 heteroatoms. The average Bonchev–Trinajstić information content (AvgIpc) is 2.26. The van der Waals surface area contributed by atoms with Gasteiger partial charge in [-0.15, -0.1) is 0 Å². The molecule has 1 aromatic heterocycles. The summed E-state index contributed by atoms with van der Waals surface area (Å²) in [6.07, 6.45) is -4.35. The number of hydrogen-bond acceptors (Lipinski definition) is 3. The first-order valence-corrected chi connectivity index (χ1v) is 6.29. The van der Waals surface area contributed by atoms with Crippen LogP contribution in [0.4, 0.5) is 13.2 Å². The van der Waals surface area contributed by atoms with Gasteiger partial charge in [0.1, 0.15) is 15.3 Å². The van der Waals surface area contributed by atoms with Crippen LogP contribution in [0.15, 0.2) is 30.3 Å². The van der Waals surface area contributed by atoms with Crippen LogP contribution in [0.5, 0.6) is 11.6 Å². The zero-order valence-corrected chi connectivity index (χ0v) is 11.9. The maximum atomic E-state index is 12.4. The van der Waals surface area contributed by atoms with Crippen LogP contribution in [-0.4, -0.2) is 9.97 Å². The Hall–Kier alpha value is -1.38. The molecule has 0 aliphatic heterocycles. The molecule has 0 saturated carbocycles. The lowest BCUT2D eigenvalue weighted by atomic mass is 10.2. The average molecular weight is 380 g/mol. The molecule has 3 nitrogen and oxygen atoms in total. The quantitative estimate of drug-likeness (QED) is 0.579. The lowest BCUT2D eigenvalue weighted by Gasteiger charge is -2.08. The van der Waals surface area contributed by atoms with Gasteiger partial charge in [-0.3, -0.25) is 0 Å². The molecule has 0 aliphatic carbocycles. The van der Waals surface area contributed by atoms with E-state index in [0.29, 0.717) is 21.2 Å². The standard InChI is InChI=1S/C12H8F3IN2O/c1-7-17-10(16)6-11(18-7)19-9-4-2-8(3-5-9)12(13,14)15/h2-6H,1H3. The molecule has 0 atom stereocenters. The van der Waals surface area contributed by atoms with Crippen molar-refractivity contribution in [2.45, 2.75) is 13.1 Å². The maximum absolute atomic E-state index is 12.4. The smallest absolute Gasteiger partial charge is 0.416 e. The molecular formula is C12H8F3IN2O. The SMILES string of the molecule is Cc1nc(I)cc(Oc2ccc(C(F)(F)F)cc2)n1. The molecule has 2 rings (SSSR count). The van der Waals surface area contributed by atoms with E-state index in [4.69, 9.17) is 4.74 Å². The van der Waals surface area contributed by atoms with Crippen LogP contribution in [0, 0.1) is 10.6 Å². The molecule has 2 aromatic rings. The van der Waals surface area contributed by atoms with Gasteiger partial charge in [-0.2, -0.15) is 18.2 Å². The second-order valence-corrected chi connectivity index (χ2v) is 4.81. The van der Waals surface area contributed by atoms with Crippen molar-refractivity contribution in [2.75, 3.05) is 0 Å². The van der Waals surface area contributed by atoms with Crippen molar-refractivity contribution in [1.29, 1.82) is 0 Å². The van der Waals surface area contributed by atoms with E-state index in [-0.39, 0.29) is 0 Å². The molecule has 0 spiro atoms. The van der Waals surface area contributed by atoms with Crippen LogP contribution in [0.2, 0.25) is 0 Å². The van der Waals surface area contributed by atoms with Crippen LogP contribution in [-0.2, 0) is 6.18 Å². The van der Waals surface area contributed by atoms with Crippen LogP contribution in [0.1, 0.15) is 11.4 Å². The Labute approximate surface area is 121 Å². The highest BCUT2D eigenvalue weighted by molar-refractivity contribution is 14.1. The second kappa shape index (κ2) is 5.32. The predicted molar refractivity (Wildman–Crippen MR) is 71.0 cm³/mol. The molecule has 1 aromatic carbocycles. The Balaban J connectivity index is 2.20. The minimum atomic E-state index is -4.35. The summed E-state index contributed by atoms with van der Waals surface area (Å²) in [5, 5.41) is 0. The van der Waals surface area contributed by atoms with Crippen molar-refractivity contribution >= 4 is 22.6 Å². The van der Waals surface area contributed by atoms with E-state index in [2.05, 4.69) is 9.97 Å². The summed E-state index contributed by atoms with van der Waals surface area (Å²) in [6.45, 7) is 1.71. The summed E-state index contributed by atoms with van der Waals surface area (Å²) >= 11 is 2.01. The molecule has 0 saturated heterocycles. The van der Waals surface area contributed by atoms with E-state index in [1.165, 1.54) is 12.1 Å². The minimum Gasteiger partial charge on any atom is -0.439 e. The first-order chi connectivity index (χ1) is 8.84. The van der Waals surface area contributed by atoms with Gasteiger partial charge in [0.25, 0.3) is 0 Å². The van der Waals surface area contributed by atoms with Gasteiger partial charge >= 0.3 is 6.18 Å². The van der Waals surface area contributed by atoms with Crippen molar-refractivity contribution < 1.29 is 17.9 Å². The van der Waals surface area contributed by atoms with E-state index in [1.807, 2.05) is 22.6 Å². The number of aromatic nitrogens is 2. The van der Waals surface area contributed by atoms with E-state index < -0.39 is 11.7 Å². The molecule has 0 amide bonds. The number of benzene rings is 1. The summed E-state index contributed by atoms with van der Waals surface area (Å²) < 4.78 is 43.3. The van der Waals surface area contributed by atoms with E-state index in [0.717, 1.165) is 12.1 Å². The molecule has 100 valence electrons. The molecule has 0 radical (unpaired) electrons. The summed E-state index contributed by atoms with van der Waals surface area (Å²) in [7, 11) is 0. The number of alkyl halides is 3. The zero-order chi connectivity index (χ0) is 14.0. The largest absolute Gasteiger partial charge is 0.439 e. The maximum Gasteiger partial charge on any atom is 0.416 e. The molecule has 0 aliphatic rings. The lowest BCUT2D eigenvalue weighted by Crippen LogP contribution is -2.04. The van der Waals surface area contributed by atoms with Gasteiger partial charge in [-0.25, -0.2) is 4.98 Å². The number of nitrogens with zero attached hydrogens (tertiary/aromatic N) is 2. The molecule has 0 bridgehead atoms. The first kappa shape index (κ1) is 14.0. The summed E-state index contributed by atoms with van der Waals surface area (Å²) in [5.74, 6) is 1.13. The third kappa shape index (κ3) is 3.79. The molecule has 19 heavy (non-hydrogen) atoms. The van der Waals surface area contributed by atoms with Gasteiger partial charge in [0.2, 0.25) is 5.88 Å². The number of ether oxygens (including phenoxy) is 1. The fourth-order valence-corrected chi connectivity index (χ4v) is 2.01. The lowest BCUT2D eigenvalue weighted by molar-refractivity contribution is -0.137. The van der Waals surface area contributed by atoms with Gasteiger partial charge in [-0.05, 0) is 53.8 Å². The van der Waals surface area contributed by atoms with Gasteiger partial charge < -0.3 is 4.74 Å². The van der Waals surface area contributed by atoms with Crippen LogP contribution in [0.25, 0.3) is 0 Å². The zero-order valence-electron chi connectivity index (χ0n) is 9.70. The Morgan fingerprint density at radius 1 is 1.11 bits per heavy atom. The molecular weight excluding hydrogens is 372 g/mol. The van der Waals surface area contributed by atoms with Gasteiger partial charge in [0.05, 0.1) is 5.56 Å². The Morgan fingerprint density at radius 3 is 2.26 bits per heavy atom. The Bertz CT molecular complexity index is 564. The van der Waals surface area contributed by atoms with Crippen molar-refractivity contribution in [2.24, 2.45) is 0 Å². The fourth-order valence-electron chi connectivity index (χ4n) is 1.39. The molecule has 0 unspecified atom stereocenters. The topological polar surface area (TPSA) is 35.0 Å². The molecule has 0 fully saturated rings. The van der Waals surface area contributed by atoms with Crippen LogP contribution < -0.4 is 4.74 Å². The predicted octanol–water partition coefficient (Wildman–Crippen LogP) is 4.20. The fraction of sp³-hybridized carbons (Fsp3) is 0.167. The summed E-state index contributed by atoms with van der Waals surface area (Å²) in [6, 6.07) is 6.05. The minimum absolute atomic E-state index is 0.293. The third-order valence-electron chi connectivity index (χ3n) is 2.19. The van der Waals surface area contributed by atoms with Gasteiger partial charge in [0.15, 0.2) is 0 Å². The van der Waals surface area contributed by atoms with Crippen molar-refractivity contribution in [3.05, 3.63) is 45.4 Å². The highest BCUT2D eigenvalue weighted by atomic mass is 127. The highest BCUT2D eigenvalue weighted by Crippen LogP contribution is 2.31. The van der Waals surface area contributed by atoms with Crippen LogP contribution in [0.3, 0.4) is 0 Å². The second-order valence-electron chi connectivity index (χ2n) is 3.70. The number of hydrogen-bond donors (Lipinski definition) is 0. The highest BCUT2D eigenvalue weighted by Gasteiger charge is 2.30. The van der Waals surface area contributed by atoms with Crippen molar-refractivity contribution in [3.63, 3.8) is 0 Å². The van der Waals surface area contributed by atoms with Crippen LogP contribution >= 0.6 is 22.6 Å². The monoisotopic (exact) mass is 380 g/mol. The number of halogens is 4. The Kier molecular flexibility index (Phi) is 3.93. The summed E-state index contributed by atoms with van der Waals surface area (Å²) in [5.41, 5.74) is -0.715. The molecule has 1 heterocycles. The van der Waals surface area contributed by atoms with Gasteiger partial charge in [0, 0.05) is 6.07 Å². The van der Waals surface area contributed by atoms with E-state index >= 15 is 0 Å². The van der Waals surface area contributed by atoms with E-state index in [9.17, 15) is 13.2 Å². The summed E-state index contributed by atoms with van der Waals surface area (Å²) in [4.78, 5) is 8.11. The first-order valence-electron chi connectivity index (χ1n) is 5.21. The van der Waals surface area contributed by atoms with Crippen molar-refractivity contribution in [1.82, 2.24) is 9.97 Å². The van der Waals surface area contributed by atoms with Gasteiger partial charge in [-0.1, -0.05) is 0 Å². The Morgan fingerprint density at radius 2 is 1.74 bits per heavy atom. The number of rotatable bonds is 2. The van der Waals surface area contributed by atoms with Crippen molar-refractivity contribution in [3.8, 4) is 11.6 Å². The van der Waals surface area contributed by atoms with E-state index in [1.54, 1.807) is 13.0 Å². The third-order valence-corrected chi connectivity index (χ3v) is 2.74. The normalized spacial score (nSPS) is 11.4. The number of aryl methyl sites for hydroxylation is 1. The molecule has 0 N–H and O–H groups in total.